The standard InChI is InChI=1S/C25H22N2O5S/c26-23(29)22-16-9-3-6-12-19(16)33-24(22)27-20(28)13-31-25(30)21-14-7-1-4-10-17(14)32-18-11-5-2-8-15(18)21/h1-2,4-5,7-8,10-11,21H,3,6,9,12-13H2,(H2,26,29)(H,27,28). The summed E-state index contributed by atoms with van der Waals surface area (Å²) < 4.78 is 11.3. The van der Waals surface area contributed by atoms with E-state index in [9.17, 15) is 14.4 Å². The number of hydrogen-bond donors (Lipinski definition) is 2. The Hall–Kier alpha value is -3.65. The number of nitrogens with two attached hydrogens (primary N) is 1. The number of rotatable bonds is 5. The summed E-state index contributed by atoms with van der Waals surface area (Å²) in [5.74, 6) is -1.16. The van der Waals surface area contributed by atoms with E-state index in [0.29, 0.717) is 33.2 Å². The van der Waals surface area contributed by atoms with Crippen LogP contribution in [0.1, 0.15) is 50.7 Å². The van der Waals surface area contributed by atoms with Crippen molar-refractivity contribution in [3.05, 3.63) is 75.7 Å². The minimum absolute atomic E-state index is 0.377. The molecule has 0 radical (unpaired) electrons. The maximum absolute atomic E-state index is 13.1. The predicted octanol–water partition coefficient (Wildman–Crippen LogP) is 4.15. The monoisotopic (exact) mass is 462 g/mol. The molecule has 5 rings (SSSR count). The van der Waals surface area contributed by atoms with E-state index >= 15 is 0 Å². The maximum Gasteiger partial charge on any atom is 0.318 e. The van der Waals surface area contributed by atoms with Crippen molar-refractivity contribution >= 4 is 34.1 Å². The highest BCUT2D eigenvalue weighted by molar-refractivity contribution is 7.17. The molecule has 8 heteroatoms. The normalized spacial score (nSPS) is 14.3. The number of carbonyl (C=O) groups excluding carboxylic acids is 3. The fraction of sp³-hybridized carbons (Fsp3) is 0.240. The Morgan fingerprint density at radius 2 is 1.64 bits per heavy atom. The van der Waals surface area contributed by atoms with Crippen LogP contribution in [0.15, 0.2) is 48.5 Å². The van der Waals surface area contributed by atoms with Crippen LogP contribution < -0.4 is 15.8 Å². The summed E-state index contributed by atoms with van der Waals surface area (Å²) in [5, 5.41) is 3.15. The van der Waals surface area contributed by atoms with Gasteiger partial charge in [-0.15, -0.1) is 11.3 Å². The van der Waals surface area contributed by atoms with Crippen molar-refractivity contribution in [2.75, 3.05) is 11.9 Å². The van der Waals surface area contributed by atoms with Gasteiger partial charge in [-0.05, 0) is 43.4 Å². The second kappa shape index (κ2) is 8.71. The maximum atomic E-state index is 13.1. The lowest BCUT2D eigenvalue weighted by Gasteiger charge is -2.26. The molecule has 0 unspecified atom stereocenters. The van der Waals surface area contributed by atoms with Gasteiger partial charge in [0, 0.05) is 16.0 Å². The van der Waals surface area contributed by atoms with Gasteiger partial charge in [0.1, 0.15) is 22.4 Å². The number of nitrogens with one attached hydrogen (secondary N) is 1. The molecule has 3 N–H and O–H groups in total. The van der Waals surface area contributed by atoms with Gasteiger partial charge in [0.2, 0.25) is 0 Å². The van der Waals surface area contributed by atoms with Crippen molar-refractivity contribution in [1.29, 1.82) is 0 Å². The quantitative estimate of drug-likeness (QED) is 0.554. The number of esters is 1. The Labute approximate surface area is 194 Å². The van der Waals surface area contributed by atoms with Crippen LogP contribution in [0.2, 0.25) is 0 Å². The van der Waals surface area contributed by atoms with Gasteiger partial charge >= 0.3 is 5.97 Å². The number of primary amides is 1. The van der Waals surface area contributed by atoms with Gasteiger partial charge in [0.05, 0.1) is 5.56 Å². The number of aryl methyl sites for hydroxylation is 1. The summed E-state index contributed by atoms with van der Waals surface area (Å²) in [4.78, 5) is 38.8. The number of para-hydroxylation sites is 2. The summed E-state index contributed by atoms with van der Waals surface area (Å²) in [6.45, 7) is -0.471. The molecule has 0 saturated carbocycles. The Bertz CT molecular complexity index is 1220. The lowest BCUT2D eigenvalue weighted by atomic mass is 9.88. The van der Waals surface area contributed by atoms with E-state index in [1.165, 1.54) is 11.3 Å². The topological polar surface area (TPSA) is 108 Å². The van der Waals surface area contributed by atoms with Crippen molar-refractivity contribution in [3.8, 4) is 11.5 Å². The molecule has 0 saturated heterocycles. The van der Waals surface area contributed by atoms with Gasteiger partial charge in [-0.1, -0.05) is 36.4 Å². The van der Waals surface area contributed by atoms with Crippen LogP contribution in [0.3, 0.4) is 0 Å². The zero-order valence-electron chi connectivity index (χ0n) is 17.8. The molecule has 2 amide bonds. The molecule has 7 nitrogen and oxygen atoms in total. The minimum Gasteiger partial charge on any atom is -0.457 e. The molecule has 2 aliphatic rings. The van der Waals surface area contributed by atoms with Gasteiger partial charge in [-0.2, -0.15) is 0 Å². The number of anilines is 1. The second-order valence-corrected chi connectivity index (χ2v) is 9.15. The fourth-order valence-electron chi connectivity index (χ4n) is 4.46. The highest BCUT2D eigenvalue weighted by Gasteiger charge is 2.34. The first-order valence-electron chi connectivity index (χ1n) is 10.8. The molecule has 0 bridgehead atoms. The zero-order chi connectivity index (χ0) is 22.9. The average molecular weight is 463 g/mol. The Morgan fingerprint density at radius 3 is 2.30 bits per heavy atom. The van der Waals surface area contributed by atoms with E-state index in [-0.39, 0.29) is 0 Å². The first kappa shape index (κ1) is 21.2. The van der Waals surface area contributed by atoms with Crippen LogP contribution in [-0.2, 0) is 27.2 Å². The van der Waals surface area contributed by atoms with Crippen molar-refractivity contribution in [2.45, 2.75) is 31.6 Å². The molecule has 0 atom stereocenters. The van der Waals surface area contributed by atoms with E-state index in [1.807, 2.05) is 36.4 Å². The Kier molecular flexibility index (Phi) is 5.60. The van der Waals surface area contributed by atoms with Crippen molar-refractivity contribution in [1.82, 2.24) is 0 Å². The molecule has 33 heavy (non-hydrogen) atoms. The van der Waals surface area contributed by atoms with Gasteiger partial charge in [-0.25, -0.2) is 0 Å². The molecule has 0 spiro atoms. The molecule has 1 aliphatic carbocycles. The van der Waals surface area contributed by atoms with Crippen molar-refractivity contribution in [2.24, 2.45) is 5.73 Å². The Morgan fingerprint density at radius 1 is 1.00 bits per heavy atom. The average Bonchev–Trinajstić information content (AvgIpc) is 3.19. The second-order valence-electron chi connectivity index (χ2n) is 8.05. The number of amides is 2. The molecule has 2 heterocycles. The molecular weight excluding hydrogens is 440 g/mol. The van der Waals surface area contributed by atoms with Gasteiger partial charge in [0.15, 0.2) is 6.61 Å². The third kappa shape index (κ3) is 3.98. The van der Waals surface area contributed by atoms with E-state index in [0.717, 1.165) is 36.1 Å². The van der Waals surface area contributed by atoms with E-state index in [4.69, 9.17) is 15.2 Å². The number of fused-ring (bicyclic) bond motifs is 3. The van der Waals surface area contributed by atoms with E-state index in [1.54, 1.807) is 12.1 Å². The molecule has 1 aliphatic heterocycles. The number of benzene rings is 2. The minimum atomic E-state index is -0.700. The summed E-state index contributed by atoms with van der Waals surface area (Å²) in [5.41, 5.74) is 8.26. The lowest BCUT2D eigenvalue weighted by Crippen LogP contribution is -2.26. The van der Waals surface area contributed by atoms with Gasteiger partial charge in [0.25, 0.3) is 11.8 Å². The third-order valence-electron chi connectivity index (χ3n) is 5.93. The molecule has 3 aromatic rings. The predicted molar refractivity (Wildman–Crippen MR) is 124 cm³/mol. The van der Waals surface area contributed by atoms with Gasteiger partial charge < -0.3 is 20.5 Å². The van der Waals surface area contributed by atoms with Crippen molar-refractivity contribution in [3.63, 3.8) is 0 Å². The summed E-state index contributed by atoms with van der Waals surface area (Å²) in [6, 6.07) is 14.5. The number of ether oxygens (including phenoxy) is 2. The molecule has 168 valence electrons. The van der Waals surface area contributed by atoms with Crippen LogP contribution in [0.25, 0.3) is 0 Å². The van der Waals surface area contributed by atoms with Crippen molar-refractivity contribution < 1.29 is 23.9 Å². The highest BCUT2D eigenvalue weighted by Crippen LogP contribution is 2.44. The zero-order valence-corrected chi connectivity index (χ0v) is 18.6. The van der Waals surface area contributed by atoms with Crippen LogP contribution >= 0.6 is 11.3 Å². The van der Waals surface area contributed by atoms with E-state index in [2.05, 4.69) is 5.32 Å². The first-order valence-corrected chi connectivity index (χ1v) is 11.6. The smallest absolute Gasteiger partial charge is 0.318 e. The fourth-order valence-corrected chi connectivity index (χ4v) is 5.77. The molecule has 1 aromatic heterocycles. The van der Waals surface area contributed by atoms with Gasteiger partial charge in [-0.3, -0.25) is 14.4 Å². The summed E-state index contributed by atoms with van der Waals surface area (Å²) in [7, 11) is 0. The SMILES string of the molecule is NC(=O)c1c(NC(=O)COC(=O)C2c3ccccc3Oc3ccccc32)sc2c1CCCC2. The number of thiophene rings is 1. The van der Waals surface area contributed by atoms with E-state index < -0.39 is 30.3 Å². The molecular formula is C25H22N2O5S. The summed E-state index contributed by atoms with van der Waals surface area (Å²) in [6.07, 6.45) is 3.68. The van der Waals surface area contributed by atoms with Crippen LogP contribution in [0.4, 0.5) is 5.00 Å². The largest absolute Gasteiger partial charge is 0.457 e. The Balaban J connectivity index is 1.32. The van der Waals surface area contributed by atoms with Crippen LogP contribution in [0.5, 0.6) is 11.5 Å². The lowest BCUT2D eigenvalue weighted by molar-refractivity contribution is -0.148. The highest BCUT2D eigenvalue weighted by atomic mass is 32.1. The molecule has 2 aromatic carbocycles. The third-order valence-corrected chi connectivity index (χ3v) is 7.14. The number of carbonyl (C=O) groups is 3. The molecule has 0 fully saturated rings. The van der Waals surface area contributed by atoms with Crippen LogP contribution in [-0.4, -0.2) is 24.4 Å². The summed E-state index contributed by atoms with van der Waals surface area (Å²) >= 11 is 1.37. The number of hydrogen-bond acceptors (Lipinski definition) is 6. The van der Waals surface area contributed by atoms with Crippen LogP contribution in [0, 0.1) is 0 Å². The first-order chi connectivity index (χ1) is 16.0.